The molecular formula is C24H27F3N2O3. The Hall–Kier alpha value is -3.03. The van der Waals surface area contributed by atoms with Crippen LogP contribution in [0.2, 0.25) is 0 Å². The summed E-state index contributed by atoms with van der Waals surface area (Å²) >= 11 is 0. The molecule has 1 saturated heterocycles. The number of likely N-dealkylation sites (tertiary alicyclic amines) is 1. The van der Waals surface area contributed by atoms with Crippen molar-refractivity contribution in [1.29, 1.82) is 0 Å². The molecular weight excluding hydrogens is 421 g/mol. The van der Waals surface area contributed by atoms with Crippen molar-refractivity contribution in [1.82, 2.24) is 10.2 Å². The van der Waals surface area contributed by atoms with E-state index in [9.17, 15) is 22.8 Å². The molecule has 2 atom stereocenters. The molecule has 2 aromatic carbocycles. The number of ether oxygens (including phenoxy) is 1. The van der Waals surface area contributed by atoms with Crippen molar-refractivity contribution < 1.29 is 27.5 Å². The van der Waals surface area contributed by atoms with E-state index in [0.717, 1.165) is 0 Å². The van der Waals surface area contributed by atoms with Gasteiger partial charge in [0.2, 0.25) is 5.91 Å². The second kappa shape index (κ2) is 9.22. The van der Waals surface area contributed by atoms with Crippen molar-refractivity contribution in [3.8, 4) is 11.1 Å². The van der Waals surface area contributed by atoms with Crippen LogP contribution in [0.25, 0.3) is 11.1 Å². The summed E-state index contributed by atoms with van der Waals surface area (Å²) in [6.07, 6.45) is 0.727. The molecule has 1 aliphatic rings. The van der Waals surface area contributed by atoms with E-state index < -0.39 is 41.2 Å². The van der Waals surface area contributed by atoms with E-state index in [-0.39, 0.29) is 17.0 Å². The van der Waals surface area contributed by atoms with Crippen LogP contribution in [0.3, 0.4) is 0 Å². The summed E-state index contributed by atoms with van der Waals surface area (Å²) in [5.41, 5.74) is 0.00811. The number of carbonyl (C=O) groups excluding carboxylic acids is 2. The molecule has 0 radical (unpaired) electrons. The first-order chi connectivity index (χ1) is 15.0. The highest BCUT2D eigenvalue weighted by atomic mass is 19.1. The highest BCUT2D eigenvalue weighted by Crippen LogP contribution is 2.28. The Morgan fingerprint density at radius 1 is 1.09 bits per heavy atom. The number of nitrogens with one attached hydrogen (secondary N) is 1. The standard InChI is InChI=1S/C24H27F3N2O3/c1-14(28-22(30)20-6-5-11-29(20)23(31)32-24(2,3)4)15-7-9-16(10-8-15)21-18(26)12-17(25)13-19(21)27/h7-10,12-14,20H,5-6,11H2,1-4H3,(H,28,30). The number of benzene rings is 2. The number of amides is 2. The van der Waals surface area contributed by atoms with E-state index in [1.165, 1.54) is 17.0 Å². The Morgan fingerprint density at radius 3 is 2.25 bits per heavy atom. The summed E-state index contributed by atoms with van der Waals surface area (Å²) in [5, 5.41) is 2.89. The van der Waals surface area contributed by atoms with Crippen LogP contribution in [-0.4, -0.2) is 35.1 Å². The van der Waals surface area contributed by atoms with Gasteiger partial charge >= 0.3 is 6.09 Å². The van der Waals surface area contributed by atoms with Crippen LogP contribution in [0.4, 0.5) is 18.0 Å². The molecule has 1 fully saturated rings. The molecule has 0 saturated carbocycles. The maximum atomic E-state index is 14.0. The third kappa shape index (κ3) is 5.41. The molecule has 1 N–H and O–H groups in total. The largest absolute Gasteiger partial charge is 0.444 e. The second-order valence-electron chi connectivity index (χ2n) is 8.93. The van der Waals surface area contributed by atoms with Crippen LogP contribution < -0.4 is 5.32 Å². The summed E-state index contributed by atoms with van der Waals surface area (Å²) < 4.78 is 46.6. The third-order valence-electron chi connectivity index (χ3n) is 5.25. The monoisotopic (exact) mass is 448 g/mol. The Morgan fingerprint density at radius 2 is 1.69 bits per heavy atom. The van der Waals surface area contributed by atoms with Crippen molar-refractivity contribution in [3.63, 3.8) is 0 Å². The highest BCUT2D eigenvalue weighted by molar-refractivity contribution is 5.86. The van der Waals surface area contributed by atoms with Gasteiger partial charge in [-0.05, 0) is 51.7 Å². The molecule has 8 heteroatoms. The van der Waals surface area contributed by atoms with E-state index >= 15 is 0 Å². The Bertz CT molecular complexity index is 980. The predicted octanol–water partition coefficient (Wildman–Crippen LogP) is 5.35. The zero-order valence-corrected chi connectivity index (χ0v) is 18.5. The van der Waals surface area contributed by atoms with E-state index in [0.29, 0.717) is 37.1 Å². The van der Waals surface area contributed by atoms with Crippen LogP contribution in [0.5, 0.6) is 0 Å². The second-order valence-corrected chi connectivity index (χ2v) is 8.93. The zero-order valence-electron chi connectivity index (χ0n) is 18.5. The van der Waals surface area contributed by atoms with Gasteiger partial charge in [0.25, 0.3) is 0 Å². The number of carbonyl (C=O) groups is 2. The summed E-state index contributed by atoms with van der Waals surface area (Å²) in [5.74, 6) is -3.25. The molecule has 0 spiro atoms. The molecule has 2 aromatic rings. The van der Waals surface area contributed by atoms with Crippen LogP contribution in [0.15, 0.2) is 36.4 Å². The minimum Gasteiger partial charge on any atom is -0.444 e. The van der Waals surface area contributed by atoms with Crippen LogP contribution in [-0.2, 0) is 9.53 Å². The predicted molar refractivity (Wildman–Crippen MR) is 114 cm³/mol. The first-order valence-electron chi connectivity index (χ1n) is 10.5. The van der Waals surface area contributed by atoms with Crippen LogP contribution in [0.1, 0.15) is 52.1 Å². The van der Waals surface area contributed by atoms with E-state index in [1.807, 2.05) is 0 Å². The number of hydrogen-bond acceptors (Lipinski definition) is 3. The highest BCUT2D eigenvalue weighted by Gasteiger charge is 2.37. The van der Waals surface area contributed by atoms with Crippen LogP contribution >= 0.6 is 0 Å². The van der Waals surface area contributed by atoms with Gasteiger partial charge in [0.1, 0.15) is 29.1 Å². The SMILES string of the molecule is CC(NC(=O)C1CCCN1C(=O)OC(C)(C)C)c1ccc(-c2c(F)cc(F)cc2F)cc1. The fourth-order valence-corrected chi connectivity index (χ4v) is 3.73. The third-order valence-corrected chi connectivity index (χ3v) is 5.25. The number of hydrogen-bond donors (Lipinski definition) is 1. The lowest BCUT2D eigenvalue weighted by atomic mass is 10.00. The van der Waals surface area contributed by atoms with Gasteiger partial charge < -0.3 is 10.1 Å². The molecule has 0 aromatic heterocycles. The van der Waals surface area contributed by atoms with E-state index in [4.69, 9.17) is 4.74 Å². The summed E-state index contributed by atoms with van der Waals surface area (Å²) in [4.78, 5) is 26.7. The molecule has 2 amide bonds. The molecule has 5 nitrogen and oxygen atoms in total. The topological polar surface area (TPSA) is 58.6 Å². The van der Waals surface area contributed by atoms with E-state index in [2.05, 4.69) is 5.32 Å². The summed E-state index contributed by atoms with van der Waals surface area (Å²) in [6, 6.07) is 6.56. The van der Waals surface area contributed by atoms with Gasteiger partial charge in [-0.25, -0.2) is 18.0 Å². The average molecular weight is 448 g/mol. The van der Waals surface area contributed by atoms with Crippen molar-refractivity contribution in [2.45, 2.75) is 58.2 Å². The Balaban J connectivity index is 1.69. The van der Waals surface area contributed by atoms with E-state index in [1.54, 1.807) is 39.8 Å². The van der Waals surface area contributed by atoms with Crippen molar-refractivity contribution in [3.05, 3.63) is 59.4 Å². The summed E-state index contributed by atoms with van der Waals surface area (Å²) in [7, 11) is 0. The van der Waals surface area contributed by atoms with Gasteiger partial charge in [-0.15, -0.1) is 0 Å². The number of halogens is 3. The fourth-order valence-electron chi connectivity index (χ4n) is 3.73. The van der Waals surface area contributed by atoms with Gasteiger partial charge in [0, 0.05) is 18.7 Å². The molecule has 2 unspecified atom stereocenters. The molecule has 32 heavy (non-hydrogen) atoms. The van der Waals surface area contributed by atoms with Crippen molar-refractivity contribution in [2.75, 3.05) is 6.54 Å². The summed E-state index contributed by atoms with van der Waals surface area (Å²) in [6.45, 7) is 7.53. The van der Waals surface area contributed by atoms with Gasteiger partial charge in [0.05, 0.1) is 11.6 Å². The minimum absolute atomic E-state index is 0.258. The first kappa shape index (κ1) is 23.6. The lowest BCUT2D eigenvalue weighted by Gasteiger charge is -2.28. The maximum absolute atomic E-state index is 14.0. The van der Waals surface area contributed by atoms with Crippen molar-refractivity contribution >= 4 is 12.0 Å². The maximum Gasteiger partial charge on any atom is 0.410 e. The van der Waals surface area contributed by atoms with Gasteiger partial charge in [0.15, 0.2) is 0 Å². The lowest BCUT2D eigenvalue weighted by Crippen LogP contribution is -2.48. The van der Waals surface area contributed by atoms with Gasteiger partial charge in [-0.1, -0.05) is 24.3 Å². The molecule has 3 rings (SSSR count). The average Bonchev–Trinajstić information content (AvgIpc) is 3.16. The van der Waals surface area contributed by atoms with Crippen molar-refractivity contribution in [2.24, 2.45) is 0 Å². The number of nitrogens with zero attached hydrogens (tertiary/aromatic N) is 1. The molecule has 0 bridgehead atoms. The number of rotatable bonds is 4. The van der Waals surface area contributed by atoms with Crippen LogP contribution in [0, 0.1) is 17.5 Å². The minimum atomic E-state index is -0.986. The lowest BCUT2D eigenvalue weighted by molar-refractivity contribution is -0.126. The molecule has 172 valence electrons. The first-order valence-corrected chi connectivity index (χ1v) is 10.5. The quantitative estimate of drug-likeness (QED) is 0.686. The smallest absolute Gasteiger partial charge is 0.410 e. The molecule has 1 aliphatic heterocycles. The van der Waals surface area contributed by atoms with Gasteiger partial charge in [-0.2, -0.15) is 0 Å². The Labute approximate surface area is 185 Å². The normalized spacial score (nSPS) is 17.2. The molecule has 1 heterocycles. The zero-order chi connectivity index (χ0) is 23.6. The fraction of sp³-hybridized carbons (Fsp3) is 0.417. The molecule has 0 aliphatic carbocycles. The van der Waals surface area contributed by atoms with Gasteiger partial charge in [-0.3, -0.25) is 9.69 Å². The Kier molecular flexibility index (Phi) is 6.81.